The lowest BCUT2D eigenvalue weighted by atomic mass is 9.57. The maximum absolute atomic E-state index is 13.7. The molecule has 0 heterocycles. The van der Waals surface area contributed by atoms with Crippen molar-refractivity contribution >= 4 is 23.1 Å². The predicted molar refractivity (Wildman–Crippen MR) is 135 cm³/mol. The van der Waals surface area contributed by atoms with Crippen molar-refractivity contribution in [2.45, 2.75) is 58.5 Å². The SMILES string of the molecule is CC(=O)C1=C(C)CC2CC3Cc4c(CCc5ccc(C)cc5)ccc(O)c4C(O)=C3C(=O)C2(O)C1=O. The smallest absolute Gasteiger partial charge is 0.206 e. The Hall–Kier alpha value is -3.51. The average Bonchev–Trinajstić information content (AvgIpc) is 2.81. The molecule has 0 spiro atoms. The molecule has 36 heavy (non-hydrogen) atoms. The predicted octanol–water partition coefficient (Wildman–Crippen LogP) is 4.13. The molecule has 0 amide bonds. The zero-order chi connectivity index (χ0) is 25.9. The zero-order valence-electron chi connectivity index (χ0n) is 20.7. The van der Waals surface area contributed by atoms with Gasteiger partial charge in [0.2, 0.25) is 11.6 Å². The van der Waals surface area contributed by atoms with Crippen molar-refractivity contribution in [3.8, 4) is 5.75 Å². The molecule has 1 fully saturated rings. The number of phenols is 1. The van der Waals surface area contributed by atoms with Crippen LogP contribution < -0.4 is 0 Å². The van der Waals surface area contributed by atoms with Crippen LogP contribution in [-0.2, 0) is 33.6 Å². The van der Waals surface area contributed by atoms with Crippen LogP contribution >= 0.6 is 0 Å². The number of aryl methyl sites for hydroxylation is 3. The second kappa shape index (κ2) is 8.56. The Morgan fingerprint density at radius 2 is 1.67 bits per heavy atom. The number of benzene rings is 2. The Morgan fingerprint density at radius 3 is 2.33 bits per heavy atom. The van der Waals surface area contributed by atoms with Crippen molar-refractivity contribution in [2.24, 2.45) is 11.8 Å². The Labute approximate surface area is 210 Å². The second-order valence-electron chi connectivity index (χ2n) is 10.5. The molecule has 0 bridgehead atoms. The zero-order valence-corrected chi connectivity index (χ0v) is 20.7. The third kappa shape index (κ3) is 3.54. The van der Waals surface area contributed by atoms with Crippen LogP contribution in [0.3, 0.4) is 0 Å². The van der Waals surface area contributed by atoms with E-state index in [1.165, 1.54) is 24.1 Å². The van der Waals surface area contributed by atoms with Crippen molar-refractivity contribution in [3.05, 3.63) is 80.9 Å². The Kier molecular flexibility index (Phi) is 5.75. The first-order chi connectivity index (χ1) is 17.0. The summed E-state index contributed by atoms with van der Waals surface area (Å²) in [5.74, 6) is -3.81. The van der Waals surface area contributed by atoms with Gasteiger partial charge in [0.05, 0.1) is 11.1 Å². The van der Waals surface area contributed by atoms with E-state index in [-0.39, 0.29) is 34.6 Å². The number of aliphatic hydroxyl groups excluding tert-OH is 1. The average molecular weight is 487 g/mol. The number of Topliss-reactive ketones (excluding diaryl/α,β-unsaturated/α-hetero) is 3. The largest absolute Gasteiger partial charge is 0.507 e. The van der Waals surface area contributed by atoms with E-state index in [0.29, 0.717) is 24.8 Å². The lowest BCUT2D eigenvalue weighted by Crippen LogP contribution is -2.61. The summed E-state index contributed by atoms with van der Waals surface area (Å²) in [6, 6.07) is 11.7. The Balaban J connectivity index is 1.55. The number of allylic oxidation sites excluding steroid dienone is 1. The molecule has 0 aliphatic heterocycles. The molecule has 6 nitrogen and oxygen atoms in total. The van der Waals surface area contributed by atoms with Gasteiger partial charge >= 0.3 is 0 Å². The van der Waals surface area contributed by atoms with E-state index < -0.39 is 34.8 Å². The Morgan fingerprint density at radius 1 is 0.972 bits per heavy atom. The highest BCUT2D eigenvalue weighted by atomic mass is 16.3. The van der Waals surface area contributed by atoms with Gasteiger partial charge < -0.3 is 15.3 Å². The fourth-order valence-corrected chi connectivity index (χ4v) is 6.36. The van der Waals surface area contributed by atoms with Gasteiger partial charge in [0.1, 0.15) is 11.5 Å². The van der Waals surface area contributed by atoms with Crippen LogP contribution in [-0.4, -0.2) is 38.3 Å². The summed E-state index contributed by atoms with van der Waals surface area (Å²) in [4.78, 5) is 39.0. The highest BCUT2D eigenvalue weighted by Crippen LogP contribution is 2.51. The number of rotatable bonds is 4. The standard InChI is InChI=1S/C30H30O6/c1-15-4-6-18(7-5-15)8-9-19-10-11-23(32)26-22(19)14-20-13-21-12-16(2)24(17(3)31)28(34)30(21,36)29(35)25(20)27(26)33/h4-7,10-11,20-21,32-33,36H,8-9,12-14H2,1-3H3. The fourth-order valence-electron chi connectivity index (χ4n) is 6.36. The Bertz CT molecular complexity index is 1380. The van der Waals surface area contributed by atoms with E-state index in [1.807, 2.05) is 13.0 Å². The molecule has 0 radical (unpaired) electrons. The van der Waals surface area contributed by atoms with Crippen LogP contribution in [0, 0.1) is 18.8 Å². The van der Waals surface area contributed by atoms with E-state index in [2.05, 4.69) is 24.3 Å². The molecule has 3 aliphatic rings. The summed E-state index contributed by atoms with van der Waals surface area (Å²) < 4.78 is 0. The number of hydrogen-bond acceptors (Lipinski definition) is 6. The van der Waals surface area contributed by atoms with Gasteiger partial charge in [-0.15, -0.1) is 0 Å². The minimum Gasteiger partial charge on any atom is -0.507 e. The second-order valence-corrected chi connectivity index (χ2v) is 10.5. The van der Waals surface area contributed by atoms with Gasteiger partial charge in [-0.3, -0.25) is 14.4 Å². The van der Waals surface area contributed by atoms with Crippen LogP contribution in [0.25, 0.3) is 5.76 Å². The topological polar surface area (TPSA) is 112 Å². The fraction of sp³-hybridized carbons (Fsp3) is 0.367. The third-order valence-corrected chi connectivity index (χ3v) is 8.20. The van der Waals surface area contributed by atoms with E-state index in [0.717, 1.165) is 17.5 Å². The minimum absolute atomic E-state index is 0.0250. The van der Waals surface area contributed by atoms with Crippen molar-refractivity contribution in [2.75, 3.05) is 0 Å². The van der Waals surface area contributed by atoms with Gasteiger partial charge in [-0.2, -0.15) is 0 Å². The summed E-state index contributed by atoms with van der Waals surface area (Å²) in [6.07, 6.45) is 2.49. The van der Waals surface area contributed by atoms with E-state index in [1.54, 1.807) is 6.92 Å². The number of aromatic hydroxyl groups is 1. The number of aliphatic hydroxyl groups is 2. The first kappa shape index (κ1) is 24.2. The van der Waals surface area contributed by atoms with Crippen LogP contribution in [0.15, 0.2) is 53.1 Å². The number of fused-ring (bicyclic) bond motifs is 3. The first-order valence-electron chi connectivity index (χ1n) is 12.4. The third-order valence-electron chi connectivity index (χ3n) is 8.20. The molecule has 2 aromatic carbocycles. The van der Waals surface area contributed by atoms with Crippen LogP contribution in [0.2, 0.25) is 0 Å². The summed E-state index contributed by atoms with van der Waals surface area (Å²) in [5.41, 5.74) is 2.40. The molecule has 2 aromatic rings. The van der Waals surface area contributed by atoms with Crippen molar-refractivity contribution in [3.63, 3.8) is 0 Å². The molecule has 6 heteroatoms. The normalized spacial score (nSPS) is 25.4. The van der Waals surface area contributed by atoms with Crippen LogP contribution in [0.5, 0.6) is 5.75 Å². The highest BCUT2D eigenvalue weighted by Gasteiger charge is 2.60. The molecule has 3 N–H and O–H groups in total. The quantitative estimate of drug-likeness (QED) is 0.443. The first-order valence-corrected chi connectivity index (χ1v) is 12.4. The van der Waals surface area contributed by atoms with E-state index >= 15 is 0 Å². The number of phenolic OH excluding ortho intramolecular Hbond substituents is 1. The van der Waals surface area contributed by atoms with Crippen LogP contribution in [0.1, 0.15) is 54.5 Å². The molecule has 5 rings (SSSR count). The van der Waals surface area contributed by atoms with Gasteiger partial charge in [0, 0.05) is 11.5 Å². The summed E-state index contributed by atoms with van der Waals surface area (Å²) in [5, 5.41) is 33.3. The molecular weight excluding hydrogens is 456 g/mol. The van der Waals surface area contributed by atoms with Gasteiger partial charge in [-0.1, -0.05) is 41.5 Å². The molecule has 0 aromatic heterocycles. The molecule has 0 saturated heterocycles. The number of ketones is 3. The molecule has 3 aliphatic carbocycles. The number of carbonyl (C=O) groups is 3. The minimum atomic E-state index is -2.38. The lowest BCUT2D eigenvalue weighted by Gasteiger charge is -2.46. The molecular formula is C30H30O6. The summed E-state index contributed by atoms with van der Waals surface area (Å²) in [7, 11) is 0. The van der Waals surface area contributed by atoms with Crippen molar-refractivity contribution in [1.82, 2.24) is 0 Å². The molecule has 3 unspecified atom stereocenters. The highest BCUT2D eigenvalue weighted by molar-refractivity contribution is 6.33. The van der Waals surface area contributed by atoms with Crippen LogP contribution in [0.4, 0.5) is 0 Å². The lowest BCUT2D eigenvalue weighted by molar-refractivity contribution is -0.157. The number of carbonyl (C=O) groups excluding carboxylic acids is 3. The monoisotopic (exact) mass is 486 g/mol. The molecule has 3 atom stereocenters. The number of hydrogen-bond donors (Lipinski definition) is 3. The van der Waals surface area contributed by atoms with Gasteiger partial charge in [0.25, 0.3) is 0 Å². The van der Waals surface area contributed by atoms with Gasteiger partial charge in [-0.25, -0.2) is 0 Å². The van der Waals surface area contributed by atoms with Gasteiger partial charge in [-0.05, 0) is 81.5 Å². The van der Waals surface area contributed by atoms with Gasteiger partial charge in [0.15, 0.2) is 11.4 Å². The molecule has 1 saturated carbocycles. The summed E-state index contributed by atoms with van der Waals surface area (Å²) in [6.45, 7) is 4.98. The van der Waals surface area contributed by atoms with E-state index in [9.17, 15) is 29.7 Å². The summed E-state index contributed by atoms with van der Waals surface area (Å²) >= 11 is 0. The molecule has 186 valence electrons. The van der Waals surface area contributed by atoms with Crippen molar-refractivity contribution < 1.29 is 29.7 Å². The maximum atomic E-state index is 13.7. The van der Waals surface area contributed by atoms with Crippen molar-refractivity contribution in [1.29, 1.82) is 0 Å². The van der Waals surface area contributed by atoms with E-state index in [4.69, 9.17) is 0 Å². The maximum Gasteiger partial charge on any atom is 0.206 e.